The van der Waals surface area contributed by atoms with Crippen LogP contribution >= 0.6 is 0 Å². The number of hydrogen-bond donors (Lipinski definition) is 0. The van der Waals surface area contributed by atoms with Crippen LogP contribution in [0.3, 0.4) is 0 Å². The zero-order chi connectivity index (χ0) is 18.7. The predicted molar refractivity (Wildman–Crippen MR) is 104 cm³/mol. The van der Waals surface area contributed by atoms with E-state index >= 15 is 0 Å². The van der Waals surface area contributed by atoms with Crippen LogP contribution in [0.4, 0.5) is 0 Å². The second-order valence-electron chi connectivity index (χ2n) is 8.80. The van der Waals surface area contributed by atoms with Gasteiger partial charge in [-0.05, 0) is 56.7 Å². The van der Waals surface area contributed by atoms with Gasteiger partial charge in [0.1, 0.15) is 23.7 Å². The van der Waals surface area contributed by atoms with Gasteiger partial charge in [-0.2, -0.15) is 0 Å². The number of ether oxygens (including phenoxy) is 3. The van der Waals surface area contributed by atoms with Crippen LogP contribution in [0.2, 0.25) is 0 Å². The van der Waals surface area contributed by atoms with Crippen molar-refractivity contribution in [1.82, 2.24) is 0 Å². The van der Waals surface area contributed by atoms with E-state index in [1.807, 2.05) is 12.1 Å². The van der Waals surface area contributed by atoms with Gasteiger partial charge < -0.3 is 14.2 Å². The molecule has 1 aromatic rings. The normalized spacial score (nSPS) is 17.8. The van der Waals surface area contributed by atoms with Crippen LogP contribution in [0, 0.1) is 5.41 Å². The molecular weight excluding hydrogens is 312 g/mol. The van der Waals surface area contributed by atoms with Crippen LogP contribution in [0.5, 0.6) is 11.5 Å². The number of hydrogen-bond acceptors (Lipinski definition) is 3. The Labute approximate surface area is 153 Å². The van der Waals surface area contributed by atoms with Gasteiger partial charge >= 0.3 is 0 Å². The van der Waals surface area contributed by atoms with Crippen molar-refractivity contribution < 1.29 is 14.2 Å². The fourth-order valence-corrected chi connectivity index (χ4v) is 3.30. The number of fused-ring (bicyclic) bond motifs is 1. The summed E-state index contributed by atoms with van der Waals surface area (Å²) in [7, 11) is 1.80. The molecule has 0 aliphatic carbocycles. The lowest BCUT2D eigenvalue weighted by Gasteiger charge is -2.29. The first-order chi connectivity index (χ1) is 11.6. The number of methoxy groups -OCH3 is 1. The second kappa shape index (κ2) is 7.82. The Hall–Kier alpha value is -1.48. The van der Waals surface area contributed by atoms with Gasteiger partial charge in [-0.3, -0.25) is 0 Å². The van der Waals surface area contributed by atoms with Crippen LogP contribution in [0.25, 0.3) is 0 Å². The molecule has 140 valence electrons. The van der Waals surface area contributed by atoms with Crippen molar-refractivity contribution in [1.29, 1.82) is 0 Å². The number of benzene rings is 1. The molecule has 1 heterocycles. The summed E-state index contributed by atoms with van der Waals surface area (Å²) in [6.45, 7) is 13.6. The van der Waals surface area contributed by atoms with Crippen LogP contribution in [-0.2, 0) is 11.2 Å². The van der Waals surface area contributed by atoms with Crippen LogP contribution in [0.1, 0.15) is 59.9 Å². The zero-order valence-corrected chi connectivity index (χ0v) is 16.9. The first-order valence-electron chi connectivity index (χ1n) is 9.24. The highest BCUT2D eigenvalue weighted by atomic mass is 16.5. The maximum absolute atomic E-state index is 5.96. The van der Waals surface area contributed by atoms with E-state index in [-0.39, 0.29) is 17.1 Å². The van der Waals surface area contributed by atoms with Gasteiger partial charge in [0, 0.05) is 19.6 Å². The van der Waals surface area contributed by atoms with E-state index in [4.69, 9.17) is 14.2 Å². The summed E-state index contributed by atoms with van der Waals surface area (Å²) in [5.41, 5.74) is 2.66. The first-order valence-corrected chi connectivity index (χ1v) is 9.24. The Morgan fingerprint density at radius 1 is 1.32 bits per heavy atom. The molecule has 0 fully saturated rings. The SMILES string of the molecule is COC(CC/C(C)=C/COc1ccc2c(c1)OC(C)(C)C2)C(C)(C)C. The summed E-state index contributed by atoms with van der Waals surface area (Å²) in [6.07, 6.45) is 5.45. The van der Waals surface area contributed by atoms with E-state index in [2.05, 4.69) is 53.7 Å². The average Bonchev–Trinajstić information content (AvgIpc) is 2.79. The summed E-state index contributed by atoms with van der Waals surface area (Å²) in [5, 5.41) is 0. The molecule has 1 unspecified atom stereocenters. The lowest BCUT2D eigenvalue weighted by Crippen LogP contribution is -2.28. The van der Waals surface area contributed by atoms with E-state index in [1.165, 1.54) is 11.1 Å². The van der Waals surface area contributed by atoms with Gasteiger partial charge in [-0.15, -0.1) is 0 Å². The average molecular weight is 347 g/mol. The molecule has 0 saturated heterocycles. The lowest BCUT2D eigenvalue weighted by molar-refractivity contribution is 0.0110. The lowest BCUT2D eigenvalue weighted by atomic mass is 9.85. The maximum atomic E-state index is 5.96. The molecular formula is C22H34O3. The minimum absolute atomic E-state index is 0.109. The number of allylic oxidation sites excluding steroid dienone is 1. The molecule has 0 radical (unpaired) electrons. The maximum Gasteiger partial charge on any atom is 0.127 e. The summed E-state index contributed by atoms with van der Waals surface area (Å²) >= 11 is 0. The van der Waals surface area contributed by atoms with E-state index in [0.717, 1.165) is 30.8 Å². The predicted octanol–water partition coefficient (Wildman–Crippen LogP) is 5.57. The van der Waals surface area contributed by atoms with Crippen LogP contribution in [-0.4, -0.2) is 25.4 Å². The third-order valence-corrected chi connectivity index (χ3v) is 4.77. The van der Waals surface area contributed by atoms with Gasteiger partial charge in [0.05, 0.1) is 6.10 Å². The van der Waals surface area contributed by atoms with Crippen molar-refractivity contribution in [2.24, 2.45) is 5.41 Å². The molecule has 1 atom stereocenters. The van der Waals surface area contributed by atoms with Gasteiger partial charge in [0.25, 0.3) is 0 Å². The van der Waals surface area contributed by atoms with Crippen LogP contribution < -0.4 is 9.47 Å². The molecule has 0 amide bonds. The highest BCUT2D eigenvalue weighted by Crippen LogP contribution is 2.37. The molecule has 3 heteroatoms. The molecule has 0 bridgehead atoms. The third-order valence-electron chi connectivity index (χ3n) is 4.77. The molecule has 3 nitrogen and oxygen atoms in total. The fraction of sp³-hybridized carbons (Fsp3) is 0.636. The standard InChI is InChI=1S/C22H34O3/c1-16(8-11-20(23-7)21(2,3)4)12-13-24-18-10-9-17-15-22(5,6)25-19(17)14-18/h9-10,12,14,20H,8,11,13,15H2,1-7H3/b16-12+. The topological polar surface area (TPSA) is 27.7 Å². The van der Waals surface area contributed by atoms with Crippen LogP contribution in [0.15, 0.2) is 29.8 Å². The van der Waals surface area contributed by atoms with Crippen molar-refractivity contribution in [3.05, 3.63) is 35.4 Å². The Bertz CT molecular complexity index is 608. The van der Waals surface area contributed by atoms with E-state index in [9.17, 15) is 0 Å². The molecule has 0 N–H and O–H groups in total. The molecule has 1 aliphatic heterocycles. The number of rotatable bonds is 7. The molecule has 1 aromatic carbocycles. The van der Waals surface area contributed by atoms with E-state index < -0.39 is 0 Å². The van der Waals surface area contributed by atoms with Crippen molar-refractivity contribution in [3.63, 3.8) is 0 Å². The van der Waals surface area contributed by atoms with Gasteiger partial charge in [-0.25, -0.2) is 0 Å². The monoisotopic (exact) mass is 346 g/mol. The van der Waals surface area contributed by atoms with Crippen molar-refractivity contribution in [2.75, 3.05) is 13.7 Å². The van der Waals surface area contributed by atoms with Gasteiger partial charge in [0.15, 0.2) is 0 Å². The minimum Gasteiger partial charge on any atom is -0.489 e. The third kappa shape index (κ3) is 5.78. The summed E-state index contributed by atoms with van der Waals surface area (Å²) in [6, 6.07) is 6.16. The van der Waals surface area contributed by atoms with E-state index in [1.54, 1.807) is 7.11 Å². The Morgan fingerprint density at radius 3 is 2.68 bits per heavy atom. The molecule has 0 aromatic heterocycles. The molecule has 0 spiro atoms. The summed E-state index contributed by atoms with van der Waals surface area (Å²) in [5.74, 6) is 1.82. The summed E-state index contributed by atoms with van der Waals surface area (Å²) in [4.78, 5) is 0. The molecule has 25 heavy (non-hydrogen) atoms. The Kier molecular flexibility index (Phi) is 6.21. The minimum atomic E-state index is -0.109. The second-order valence-corrected chi connectivity index (χ2v) is 8.80. The largest absolute Gasteiger partial charge is 0.489 e. The van der Waals surface area contributed by atoms with Gasteiger partial charge in [0.2, 0.25) is 0 Å². The zero-order valence-electron chi connectivity index (χ0n) is 16.9. The quantitative estimate of drug-likeness (QED) is 0.604. The first kappa shape index (κ1) is 19.8. The highest BCUT2D eigenvalue weighted by Gasteiger charge is 2.30. The fourth-order valence-electron chi connectivity index (χ4n) is 3.30. The Morgan fingerprint density at radius 2 is 2.04 bits per heavy atom. The Balaban J connectivity index is 1.83. The van der Waals surface area contributed by atoms with Crippen molar-refractivity contribution in [2.45, 2.75) is 72.5 Å². The van der Waals surface area contributed by atoms with Crippen molar-refractivity contribution >= 4 is 0 Å². The molecule has 0 saturated carbocycles. The molecule has 2 rings (SSSR count). The van der Waals surface area contributed by atoms with Crippen molar-refractivity contribution in [3.8, 4) is 11.5 Å². The highest BCUT2D eigenvalue weighted by molar-refractivity contribution is 5.44. The molecule has 1 aliphatic rings. The van der Waals surface area contributed by atoms with Gasteiger partial charge in [-0.1, -0.05) is 32.4 Å². The smallest absolute Gasteiger partial charge is 0.127 e. The van der Waals surface area contributed by atoms with E-state index in [0.29, 0.717) is 6.61 Å². The summed E-state index contributed by atoms with van der Waals surface area (Å²) < 4.78 is 17.5.